The Balaban J connectivity index is 2.19. The minimum absolute atomic E-state index is 0.0576. The van der Waals surface area contributed by atoms with Crippen molar-refractivity contribution >= 4 is 17.6 Å². The van der Waals surface area contributed by atoms with Gasteiger partial charge in [0.25, 0.3) is 0 Å². The van der Waals surface area contributed by atoms with Crippen LogP contribution in [0.15, 0.2) is 24.3 Å². The fourth-order valence-corrected chi connectivity index (χ4v) is 2.03. The van der Waals surface area contributed by atoms with Gasteiger partial charge in [0.15, 0.2) is 5.69 Å². The van der Waals surface area contributed by atoms with Crippen molar-refractivity contribution in [3.8, 4) is 5.75 Å². The predicted molar refractivity (Wildman–Crippen MR) is 77.7 cm³/mol. The molecule has 0 atom stereocenters. The summed E-state index contributed by atoms with van der Waals surface area (Å²) in [5.74, 6) is -0.616. The normalized spacial score (nSPS) is 10.6. The molecular formula is C14H16ClN3O3. The molecule has 2 aromatic rings. The highest BCUT2D eigenvalue weighted by atomic mass is 35.5. The maximum Gasteiger partial charge on any atom is 0.358 e. The van der Waals surface area contributed by atoms with Crippen LogP contribution in [-0.2, 0) is 13.2 Å². The summed E-state index contributed by atoms with van der Waals surface area (Å²) < 4.78 is 7.17. The lowest BCUT2D eigenvalue weighted by Crippen LogP contribution is -2.11. The van der Waals surface area contributed by atoms with Gasteiger partial charge >= 0.3 is 5.97 Å². The van der Waals surface area contributed by atoms with Gasteiger partial charge in [-0.25, -0.2) is 9.48 Å². The molecule has 0 saturated heterocycles. The van der Waals surface area contributed by atoms with E-state index in [1.807, 2.05) is 0 Å². The molecule has 1 N–H and O–H groups in total. The van der Waals surface area contributed by atoms with Crippen LogP contribution in [0.25, 0.3) is 0 Å². The van der Waals surface area contributed by atoms with E-state index in [-0.39, 0.29) is 12.3 Å². The molecule has 1 aromatic heterocycles. The summed E-state index contributed by atoms with van der Waals surface area (Å²) in [6, 6.07) is 7.03. The molecular weight excluding hydrogens is 294 g/mol. The third-order valence-electron chi connectivity index (χ3n) is 2.96. The van der Waals surface area contributed by atoms with Crippen molar-refractivity contribution < 1.29 is 14.6 Å². The lowest BCUT2D eigenvalue weighted by molar-refractivity contribution is 0.0687. The number of hydrogen-bond donors (Lipinski definition) is 1. The van der Waals surface area contributed by atoms with Crippen molar-refractivity contribution in [1.82, 2.24) is 15.0 Å². The molecule has 112 valence electrons. The minimum atomic E-state index is -1.12. The van der Waals surface area contributed by atoms with Gasteiger partial charge in [-0.15, -0.1) is 5.10 Å². The highest BCUT2D eigenvalue weighted by Crippen LogP contribution is 2.24. The van der Waals surface area contributed by atoms with Crippen LogP contribution >= 0.6 is 11.6 Å². The van der Waals surface area contributed by atoms with E-state index in [1.165, 1.54) is 0 Å². The summed E-state index contributed by atoms with van der Waals surface area (Å²) in [6.45, 7) is 2.72. The molecule has 6 nitrogen and oxygen atoms in total. The largest absolute Gasteiger partial charge is 0.486 e. The molecule has 2 rings (SSSR count). The van der Waals surface area contributed by atoms with Crippen molar-refractivity contribution in [2.75, 3.05) is 0 Å². The first-order chi connectivity index (χ1) is 10.1. The smallest absolute Gasteiger partial charge is 0.358 e. The van der Waals surface area contributed by atoms with E-state index < -0.39 is 5.97 Å². The molecule has 0 unspecified atom stereocenters. The van der Waals surface area contributed by atoms with Crippen molar-refractivity contribution in [3.63, 3.8) is 0 Å². The van der Waals surface area contributed by atoms with E-state index in [0.29, 0.717) is 23.0 Å². The third kappa shape index (κ3) is 3.72. The van der Waals surface area contributed by atoms with E-state index in [4.69, 9.17) is 21.4 Å². The molecule has 1 heterocycles. The van der Waals surface area contributed by atoms with Gasteiger partial charge in [0.05, 0.1) is 5.02 Å². The summed E-state index contributed by atoms with van der Waals surface area (Å²) in [6.07, 6.45) is 1.87. The number of benzene rings is 1. The fourth-order valence-electron chi connectivity index (χ4n) is 1.84. The number of para-hydroxylation sites is 1. The SMILES string of the molecule is CCCCn1nnc(C(=O)O)c1COc1ccccc1Cl. The van der Waals surface area contributed by atoms with E-state index in [0.717, 1.165) is 12.8 Å². The van der Waals surface area contributed by atoms with Crippen LogP contribution in [0.5, 0.6) is 5.75 Å². The van der Waals surface area contributed by atoms with E-state index in [9.17, 15) is 4.79 Å². The number of nitrogens with zero attached hydrogens (tertiary/aromatic N) is 3. The average Bonchev–Trinajstić information content (AvgIpc) is 2.87. The van der Waals surface area contributed by atoms with Crippen molar-refractivity contribution in [3.05, 3.63) is 40.7 Å². The molecule has 7 heteroatoms. The zero-order chi connectivity index (χ0) is 15.2. The molecule has 0 bridgehead atoms. The van der Waals surface area contributed by atoms with Crippen LogP contribution in [0.1, 0.15) is 35.9 Å². The van der Waals surface area contributed by atoms with Gasteiger partial charge in [-0.05, 0) is 18.6 Å². The Kier molecular flexibility index (Phi) is 5.16. The Morgan fingerprint density at radius 3 is 2.86 bits per heavy atom. The van der Waals surface area contributed by atoms with Gasteiger partial charge in [0, 0.05) is 6.54 Å². The molecule has 0 spiro atoms. The summed E-state index contributed by atoms with van der Waals surface area (Å²) in [5, 5.41) is 17.2. The average molecular weight is 310 g/mol. The molecule has 0 aliphatic carbocycles. The van der Waals surface area contributed by atoms with Crippen LogP contribution < -0.4 is 4.74 Å². The number of carboxylic acid groups (broad SMARTS) is 1. The number of halogens is 1. The maximum atomic E-state index is 11.2. The van der Waals surface area contributed by atoms with E-state index in [1.54, 1.807) is 28.9 Å². The lowest BCUT2D eigenvalue weighted by Gasteiger charge is -2.09. The summed E-state index contributed by atoms with van der Waals surface area (Å²) in [5.41, 5.74) is 0.356. The zero-order valence-electron chi connectivity index (χ0n) is 11.6. The van der Waals surface area contributed by atoms with Crippen molar-refractivity contribution in [1.29, 1.82) is 0 Å². The number of rotatable bonds is 7. The van der Waals surface area contributed by atoms with Gasteiger partial charge in [0.1, 0.15) is 18.1 Å². The van der Waals surface area contributed by atoms with E-state index >= 15 is 0 Å². The van der Waals surface area contributed by atoms with Crippen LogP contribution in [0, 0.1) is 0 Å². The number of aryl methyl sites for hydroxylation is 1. The van der Waals surface area contributed by atoms with Gasteiger partial charge in [-0.3, -0.25) is 0 Å². The first-order valence-corrected chi connectivity index (χ1v) is 7.04. The standard InChI is InChI=1S/C14H16ClN3O3/c1-2-3-8-18-11(13(14(19)20)16-17-18)9-21-12-7-5-4-6-10(12)15/h4-7H,2-3,8-9H2,1H3,(H,19,20). The third-order valence-corrected chi connectivity index (χ3v) is 3.28. The highest BCUT2D eigenvalue weighted by Gasteiger charge is 2.19. The molecule has 1 aromatic carbocycles. The summed E-state index contributed by atoms with van der Waals surface area (Å²) in [7, 11) is 0. The summed E-state index contributed by atoms with van der Waals surface area (Å²) >= 11 is 6.01. The number of unbranched alkanes of at least 4 members (excludes halogenated alkanes) is 1. The quantitative estimate of drug-likeness (QED) is 0.850. The van der Waals surface area contributed by atoms with Crippen LogP contribution in [0.3, 0.4) is 0 Å². The maximum absolute atomic E-state index is 11.2. The zero-order valence-corrected chi connectivity index (χ0v) is 12.4. The van der Waals surface area contributed by atoms with Gasteiger partial charge < -0.3 is 9.84 Å². The second kappa shape index (κ2) is 7.08. The summed E-state index contributed by atoms with van der Waals surface area (Å²) in [4.78, 5) is 11.2. The Morgan fingerprint density at radius 2 is 2.19 bits per heavy atom. The molecule has 0 fully saturated rings. The number of ether oxygens (including phenoxy) is 1. The number of hydrogen-bond acceptors (Lipinski definition) is 4. The molecule has 0 aliphatic heterocycles. The van der Waals surface area contributed by atoms with Gasteiger partial charge in [0.2, 0.25) is 0 Å². The number of aromatic nitrogens is 3. The number of carboxylic acids is 1. The predicted octanol–water partition coefficient (Wildman–Crippen LogP) is 3.01. The van der Waals surface area contributed by atoms with Crippen LogP contribution in [0.4, 0.5) is 0 Å². The molecule has 0 amide bonds. The van der Waals surface area contributed by atoms with Gasteiger partial charge in [-0.2, -0.15) is 0 Å². The molecule has 0 aliphatic rings. The molecule has 21 heavy (non-hydrogen) atoms. The fraction of sp³-hybridized carbons (Fsp3) is 0.357. The topological polar surface area (TPSA) is 77.2 Å². The lowest BCUT2D eigenvalue weighted by atomic mass is 10.3. The first-order valence-electron chi connectivity index (χ1n) is 6.66. The van der Waals surface area contributed by atoms with Gasteiger partial charge in [-0.1, -0.05) is 42.3 Å². The van der Waals surface area contributed by atoms with Crippen LogP contribution in [-0.4, -0.2) is 26.1 Å². The monoisotopic (exact) mass is 309 g/mol. The molecule has 0 saturated carbocycles. The van der Waals surface area contributed by atoms with E-state index in [2.05, 4.69) is 17.2 Å². The molecule has 0 radical (unpaired) electrons. The van der Waals surface area contributed by atoms with Crippen molar-refractivity contribution in [2.45, 2.75) is 32.9 Å². The minimum Gasteiger partial charge on any atom is -0.486 e. The number of carbonyl (C=O) groups is 1. The Hall–Kier alpha value is -2.08. The van der Waals surface area contributed by atoms with Crippen LogP contribution in [0.2, 0.25) is 5.02 Å². The Labute approximate surface area is 127 Å². The number of aromatic carboxylic acids is 1. The highest BCUT2D eigenvalue weighted by molar-refractivity contribution is 6.32. The Bertz CT molecular complexity index is 628. The Morgan fingerprint density at radius 1 is 1.43 bits per heavy atom. The second-order valence-electron chi connectivity index (χ2n) is 4.49. The van der Waals surface area contributed by atoms with Crippen molar-refractivity contribution in [2.24, 2.45) is 0 Å². The first kappa shape index (κ1) is 15.3. The second-order valence-corrected chi connectivity index (χ2v) is 4.89.